The fraction of sp³-hybridized carbons (Fsp3) is 0.188. The molecule has 0 aliphatic heterocycles. The van der Waals surface area contributed by atoms with Crippen LogP contribution in [0.1, 0.15) is 32.6 Å². The lowest BCUT2D eigenvalue weighted by molar-refractivity contribution is 0.103. The zero-order valence-electron chi connectivity index (χ0n) is 10.8. The molecule has 0 unspecified atom stereocenters. The lowest BCUT2D eigenvalue weighted by atomic mass is 9.98. The fourth-order valence-electron chi connectivity index (χ4n) is 1.85. The molecule has 0 heterocycles. The number of ketones is 1. The second-order valence-electron chi connectivity index (χ2n) is 4.63. The van der Waals surface area contributed by atoms with Crippen molar-refractivity contribution in [3.05, 3.63) is 64.2 Å². The molecule has 0 aromatic heterocycles. The molecular weight excluding hydrogens is 224 g/mol. The van der Waals surface area contributed by atoms with Gasteiger partial charge in [0.25, 0.3) is 0 Å². The molecule has 0 aliphatic carbocycles. The second kappa shape index (κ2) is 4.65. The van der Waals surface area contributed by atoms with Crippen molar-refractivity contribution in [3.8, 4) is 5.75 Å². The number of rotatable bonds is 2. The van der Waals surface area contributed by atoms with Crippen molar-refractivity contribution in [2.24, 2.45) is 0 Å². The summed E-state index contributed by atoms with van der Waals surface area (Å²) in [5.41, 5.74) is 4.28. The summed E-state index contributed by atoms with van der Waals surface area (Å²) in [6.45, 7) is 5.80. The first kappa shape index (κ1) is 12.4. The van der Waals surface area contributed by atoms with Crippen molar-refractivity contribution in [1.82, 2.24) is 0 Å². The summed E-state index contributed by atoms with van der Waals surface area (Å²) in [4.78, 5) is 12.3. The van der Waals surface area contributed by atoms with Crippen LogP contribution in [0, 0.1) is 20.8 Å². The molecule has 2 heteroatoms. The van der Waals surface area contributed by atoms with Crippen LogP contribution in [0.4, 0.5) is 0 Å². The lowest BCUT2D eigenvalue weighted by Crippen LogP contribution is -2.02. The van der Waals surface area contributed by atoms with Crippen LogP contribution in [-0.2, 0) is 0 Å². The maximum absolute atomic E-state index is 12.3. The van der Waals surface area contributed by atoms with E-state index in [4.69, 9.17) is 0 Å². The van der Waals surface area contributed by atoms with Crippen LogP contribution in [0.3, 0.4) is 0 Å². The summed E-state index contributed by atoms with van der Waals surface area (Å²) in [7, 11) is 0. The van der Waals surface area contributed by atoms with Gasteiger partial charge >= 0.3 is 0 Å². The summed E-state index contributed by atoms with van der Waals surface area (Å²) < 4.78 is 0. The molecule has 0 bridgehead atoms. The first-order valence-electron chi connectivity index (χ1n) is 5.90. The summed E-state index contributed by atoms with van der Waals surface area (Å²) in [6, 6.07) is 10.6. The molecule has 0 fully saturated rings. The zero-order valence-corrected chi connectivity index (χ0v) is 10.8. The molecule has 2 aromatic rings. The normalized spacial score (nSPS) is 10.4. The highest BCUT2D eigenvalue weighted by Crippen LogP contribution is 2.20. The Hall–Kier alpha value is -2.09. The summed E-state index contributed by atoms with van der Waals surface area (Å²) in [5.74, 6) is 0.202. The number of carbonyl (C=O) groups excluding carboxylic acids is 1. The van der Waals surface area contributed by atoms with Crippen LogP contribution in [-0.4, -0.2) is 10.9 Å². The van der Waals surface area contributed by atoms with Gasteiger partial charge in [-0.05, 0) is 61.7 Å². The van der Waals surface area contributed by atoms with Gasteiger partial charge < -0.3 is 5.11 Å². The van der Waals surface area contributed by atoms with Crippen LogP contribution < -0.4 is 0 Å². The number of hydrogen-bond acceptors (Lipinski definition) is 2. The Morgan fingerprint density at radius 2 is 1.39 bits per heavy atom. The minimum absolute atomic E-state index is 0.0128. The van der Waals surface area contributed by atoms with Crippen molar-refractivity contribution in [2.45, 2.75) is 20.8 Å². The van der Waals surface area contributed by atoms with Gasteiger partial charge in [0.05, 0.1) is 0 Å². The minimum atomic E-state index is -0.0128. The van der Waals surface area contributed by atoms with Gasteiger partial charge in [-0.25, -0.2) is 0 Å². The third-order valence-corrected chi connectivity index (χ3v) is 3.23. The topological polar surface area (TPSA) is 37.3 Å². The van der Waals surface area contributed by atoms with E-state index in [9.17, 15) is 9.90 Å². The summed E-state index contributed by atoms with van der Waals surface area (Å²) in [5, 5.41) is 9.47. The van der Waals surface area contributed by atoms with Gasteiger partial charge in [-0.15, -0.1) is 0 Å². The molecule has 92 valence electrons. The fourth-order valence-corrected chi connectivity index (χ4v) is 1.85. The highest BCUT2D eigenvalue weighted by Gasteiger charge is 2.10. The van der Waals surface area contributed by atoms with Crippen LogP contribution in [0.15, 0.2) is 36.4 Å². The Morgan fingerprint density at radius 1 is 0.833 bits per heavy atom. The molecule has 2 aromatic carbocycles. The van der Waals surface area contributed by atoms with Gasteiger partial charge in [0.2, 0.25) is 0 Å². The van der Waals surface area contributed by atoms with E-state index < -0.39 is 0 Å². The number of phenolic OH excluding ortho intramolecular Hbond substituents is 1. The summed E-state index contributed by atoms with van der Waals surface area (Å²) >= 11 is 0. The zero-order chi connectivity index (χ0) is 13.3. The van der Waals surface area contributed by atoms with Crippen LogP contribution in [0.2, 0.25) is 0 Å². The highest BCUT2D eigenvalue weighted by atomic mass is 16.3. The van der Waals surface area contributed by atoms with Crippen molar-refractivity contribution in [3.63, 3.8) is 0 Å². The molecule has 0 spiro atoms. The Labute approximate surface area is 107 Å². The number of benzene rings is 2. The lowest BCUT2D eigenvalue weighted by Gasteiger charge is -2.06. The molecular formula is C16H16O2. The third-order valence-electron chi connectivity index (χ3n) is 3.23. The van der Waals surface area contributed by atoms with Crippen molar-refractivity contribution >= 4 is 5.78 Å². The van der Waals surface area contributed by atoms with E-state index in [0.29, 0.717) is 16.7 Å². The molecule has 2 rings (SSSR count). The van der Waals surface area contributed by atoms with E-state index >= 15 is 0 Å². The van der Waals surface area contributed by atoms with E-state index in [-0.39, 0.29) is 11.5 Å². The predicted molar refractivity (Wildman–Crippen MR) is 72.2 cm³/mol. The summed E-state index contributed by atoms with van der Waals surface area (Å²) in [6.07, 6.45) is 0. The van der Waals surface area contributed by atoms with E-state index in [0.717, 1.165) is 5.56 Å². The molecule has 18 heavy (non-hydrogen) atoms. The number of phenols is 1. The largest absolute Gasteiger partial charge is 0.508 e. The Bertz CT molecular complexity index is 559. The Morgan fingerprint density at radius 3 is 1.94 bits per heavy atom. The first-order chi connectivity index (χ1) is 8.49. The number of aryl methyl sites for hydroxylation is 3. The van der Waals surface area contributed by atoms with Gasteiger partial charge in [0.15, 0.2) is 5.78 Å². The van der Waals surface area contributed by atoms with E-state index in [1.165, 1.54) is 5.56 Å². The first-order valence-corrected chi connectivity index (χ1v) is 5.90. The number of aromatic hydroxyl groups is 1. The van der Waals surface area contributed by atoms with E-state index in [1.54, 1.807) is 25.1 Å². The van der Waals surface area contributed by atoms with Crippen LogP contribution in [0.25, 0.3) is 0 Å². The molecule has 0 aliphatic rings. The maximum Gasteiger partial charge on any atom is 0.193 e. The standard InChI is InChI=1S/C16H16O2/c1-10-4-5-13(8-11(10)2)16(18)14-6-7-15(17)12(3)9-14/h4-9,17H,1-3H3. The van der Waals surface area contributed by atoms with Gasteiger partial charge in [-0.2, -0.15) is 0 Å². The molecule has 0 amide bonds. The van der Waals surface area contributed by atoms with Crippen LogP contribution in [0.5, 0.6) is 5.75 Å². The second-order valence-corrected chi connectivity index (χ2v) is 4.63. The predicted octanol–water partition coefficient (Wildman–Crippen LogP) is 3.55. The van der Waals surface area contributed by atoms with Crippen molar-refractivity contribution in [2.75, 3.05) is 0 Å². The molecule has 0 atom stereocenters. The van der Waals surface area contributed by atoms with Gasteiger partial charge in [-0.3, -0.25) is 4.79 Å². The minimum Gasteiger partial charge on any atom is -0.508 e. The average Bonchev–Trinajstić information content (AvgIpc) is 2.35. The third kappa shape index (κ3) is 2.28. The quantitative estimate of drug-likeness (QED) is 0.815. The van der Waals surface area contributed by atoms with Gasteiger partial charge in [0.1, 0.15) is 5.75 Å². The average molecular weight is 240 g/mol. The van der Waals surface area contributed by atoms with E-state index in [1.807, 2.05) is 32.0 Å². The van der Waals surface area contributed by atoms with Crippen LogP contribution >= 0.6 is 0 Å². The van der Waals surface area contributed by atoms with Crippen molar-refractivity contribution in [1.29, 1.82) is 0 Å². The molecule has 0 radical (unpaired) electrons. The maximum atomic E-state index is 12.3. The molecule has 0 saturated heterocycles. The van der Waals surface area contributed by atoms with Crippen molar-refractivity contribution < 1.29 is 9.90 Å². The molecule has 2 nitrogen and oxygen atoms in total. The SMILES string of the molecule is Cc1ccc(C(=O)c2ccc(O)c(C)c2)cc1C. The smallest absolute Gasteiger partial charge is 0.193 e. The Kier molecular flexibility index (Phi) is 3.19. The highest BCUT2D eigenvalue weighted by molar-refractivity contribution is 6.09. The molecule has 1 N–H and O–H groups in total. The number of hydrogen-bond donors (Lipinski definition) is 1. The Balaban J connectivity index is 2.41. The molecule has 0 saturated carbocycles. The monoisotopic (exact) mass is 240 g/mol. The van der Waals surface area contributed by atoms with E-state index in [2.05, 4.69) is 0 Å². The van der Waals surface area contributed by atoms with Gasteiger partial charge in [0, 0.05) is 11.1 Å². The number of carbonyl (C=O) groups is 1. The van der Waals surface area contributed by atoms with Gasteiger partial charge in [-0.1, -0.05) is 12.1 Å².